The van der Waals surface area contributed by atoms with Gasteiger partial charge in [0.05, 0.1) is 0 Å². The van der Waals surface area contributed by atoms with Gasteiger partial charge in [-0.1, -0.05) is 159 Å². The third kappa shape index (κ3) is 10.5. The number of phenols is 1. The van der Waals surface area contributed by atoms with E-state index >= 15 is 0 Å². The van der Waals surface area contributed by atoms with E-state index in [1.54, 1.807) is 16.7 Å². The maximum atomic E-state index is 13.9. The highest BCUT2D eigenvalue weighted by molar-refractivity contribution is 5.82. The normalized spacial score (nSPS) is 14.2. The molecule has 0 radical (unpaired) electrons. The van der Waals surface area contributed by atoms with E-state index in [-0.39, 0.29) is 23.1 Å². The lowest BCUT2D eigenvalue weighted by Crippen LogP contribution is -2.44. The van der Waals surface area contributed by atoms with Crippen molar-refractivity contribution in [3.05, 3.63) is 107 Å². The van der Waals surface area contributed by atoms with Crippen molar-refractivity contribution in [2.75, 3.05) is 5.32 Å². The smallest absolute Gasteiger partial charge is 0.359 e. The van der Waals surface area contributed by atoms with Gasteiger partial charge in [0, 0.05) is 18.4 Å². The second-order valence-electron chi connectivity index (χ2n) is 15.2. The van der Waals surface area contributed by atoms with E-state index in [2.05, 4.69) is 81.5 Å². The molecule has 49 heavy (non-hydrogen) atoms. The van der Waals surface area contributed by atoms with Crippen LogP contribution in [-0.4, -0.2) is 22.0 Å². The third-order valence-corrected chi connectivity index (χ3v) is 10.0. The summed E-state index contributed by atoms with van der Waals surface area (Å²) in [4.78, 5) is 19.0. The van der Waals surface area contributed by atoms with Gasteiger partial charge in [-0.3, -0.25) is 5.32 Å². The Morgan fingerprint density at radius 1 is 0.714 bits per heavy atom. The number of phenolic OH excluding ortho intramolecular Hbond substituents is 1. The van der Waals surface area contributed by atoms with Gasteiger partial charge in [0.25, 0.3) is 0 Å². The highest BCUT2D eigenvalue weighted by atomic mass is 16.3. The first-order valence-electron chi connectivity index (χ1n) is 18.9. The molecule has 260 valence electrons. The average Bonchev–Trinajstić information content (AvgIpc) is 3.41. The average molecular weight is 661 g/mol. The van der Waals surface area contributed by atoms with E-state index in [9.17, 15) is 9.90 Å². The van der Waals surface area contributed by atoms with Gasteiger partial charge < -0.3 is 5.11 Å². The first kappa shape index (κ1) is 36.3. The van der Waals surface area contributed by atoms with Crippen LogP contribution in [0.4, 0.5) is 5.82 Å². The SMILES string of the molecule is CCCCCCCCCCCCCCc1ccc(CC2Nc3c(Cc4ccc(O)cc4)nc(-c4ccc(C(C)(C)C)cc4)c[n+]3C2=O)cc1. The van der Waals surface area contributed by atoms with Crippen molar-refractivity contribution in [1.82, 2.24) is 4.98 Å². The number of aromatic nitrogens is 2. The minimum atomic E-state index is -0.360. The molecule has 0 saturated heterocycles. The number of nitrogens with zero attached hydrogens (tertiary/aromatic N) is 2. The van der Waals surface area contributed by atoms with Crippen LogP contribution >= 0.6 is 0 Å². The molecule has 1 unspecified atom stereocenters. The van der Waals surface area contributed by atoms with Crippen molar-refractivity contribution < 1.29 is 14.5 Å². The van der Waals surface area contributed by atoms with E-state index in [0.29, 0.717) is 12.8 Å². The van der Waals surface area contributed by atoms with Crippen LogP contribution in [0.2, 0.25) is 0 Å². The highest BCUT2D eigenvalue weighted by Crippen LogP contribution is 2.28. The summed E-state index contributed by atoms with van der Waals surface area (Å²) in [6.07, 6.45) is 20.6. The molecule has 5 rings (SSSR count). The van der Waals surface area contributed by atoms with Crippen molar-refractivity contribution in [3.8, 4) is 17.0 Å². The van der Waals surface area contributed by atoms with Crippen LogP contribution in [0, 0.1) is 0 Å². The summed E-state index contributed by atoms with van der Waals surface area (Å²) in [5.74, 6) is 1.02. The number of aryl methyl sites for hydroxylation is 1. The molecular weight excluding hydrogens is 603 g/mol. The number of anilines is 1. The fourth-order valence-corrected chi connectivity index (χ4v) is 6.87. The van der Waals surface area contributed by atoms with Gasteiger partial charge >= 0.3 is 11.7 Å². The molecule has 5 heteroatoms. The van der Waals surface area contributed by atoms with Crippen molar-refractivity contribution in [2.45, 2.75) is 135 Å². The zero-order valence-corrected chi connectivity index (χ0v) is 30.4. The first-order chi connectivity index (χ1) is 23.7. The number of fused-ring (bicyclic) bond motifs is 1. The topological polar surface area (TPSA) is 66.1 Å². The molecule has 0 saturated carbocycles. The molecule has 3 aromatic carbocycles. The summed E-state index contributed by atoms with van der Waals surface area (Å²) in [7, 11) is 0. The molecule has 0 spiro atoms. The zero-order valence-electron chi connectivity index (χ0n) is 30.4. The molecule has 5 nitrogen and oxygen atoms in total. The first-order valence-corrected chi connectivity index (χ1v) is 18.9. The van der Waals surface area contributed by atoms with Crippen molar-refractivity contribution >= 4 is 11.7 Å². The number of rotatable bonds is 18. The Bertz CT molecular complexity index is 1620. The summed E-state index contributed by atoms with van der Waals surface area (Å²) in [5.41, 5.74) is 7.44. The monoisotopic (exact) mass is 660 g/mol. The summed E-state index contributed by atoms with van der Waals surface area (Å²) in [6, 6.07) is 24.2. The second-order valence-corrected chi connectivity index (χ2v) is 15.2. The van der Waals surface area contributed by atoms with Crippen LogP contribution in [0.15, 0.2) is 79.0 Å². The summed E-state index contributed by atoms with van der Waals surface area (Å²) in [6.45, 7) is 8.90. The number of benzene rings is 3. The zero-order chi connectivity index (χ0) is 34.6. The fraction of sp³-hybridized carbons (Fsp3) is 0.477. The van der Waals surface area contributed by atoms with E-state index in [0.717, 1.165) is 40.3 Å². The predicted octanol–water partition coefficient (Wildman–Crippen LogP) is 10.6. The molecule has 2 N–H and O–H groups in total. The van der Waals surface area contributed by atoms with Gasteiger partial charge in [0.1, 0.15) is 23.3 Å². The lowest BCUT2D eigenvalue weighted by molar-refractivity contribution is -0.552. The molecule has 4 aromatic rings. The van der Waals surface area contributed by atoms with Crippen LogP contribution in [0.3, 0.4) is 0 Å². The predicted molar refractivity (Wildman–Crippen MR) is 202 cm³/mol. The molecular formula is C44H58N3O2+. The van der Waals surface area contributed by atoms with Gasteiger partial charge in [0.15, 0.2) is 6.04 Å². The standard InChI is InChI=1S/C44H57N3O2/c1-5-6-7-8-9-10-11-12-13-14-15-16-17-33-18-20-34(21-19-33)31-40-43(49)47-32-41(36-24-26-37(27-25-36)44(2,3)4)45-39(42(47)46-40)30-35-22-28-38(48)29-23-35/h18-29,32,40,48H,5-17,30-31H2,1-4H3/p+1. The van der Waals surface area contributed by atoms with Gasteiger partial charge in [-0.15, -0.1) is 0 Å². The van der Waals surface area contributed by atoms with Crippen LogP contribution in [0.5, 0.6) is 5.75 Å². The molecule has 2 heterocycles. The third-order valence-electron chi connectivity index (χ3n) is 10.0. The quantitative estimate of drug-likeness (QED) is 0.0823. The Labute approximate surface area is 295 Å². The summed E-state index contributed by atoms with van der Waals surface area (Å²) in [5, 5.41) is 13.4. The largest absolute Gasteiger partial charge is 0.508 e. The number of hydrogen-bond donors (Lipinski definition) is 2. The van der Waals surface area contributed by atoms with Crippen LogP contribution in [0.1, 0.15) is 137 Å². The Kier molecular flexibility index (Phi) is 13.0. The molecule has 1 aliphatic heterocycles. The minimum Gasteiger partial charge on any atom is -0.508 e. The number of hydrogen-bond acceptors (Lipinski definition) is 4. The number of carbonyl (C=O) groups is 1. The molecule has 0 amide bonds. The highest BCUT2D eigenvalue weighted by Gasteiger charge is 2.41. The van der Waals surface area contributed by atoms with Gasteiger partial charge in [-0.05, 0) is 52.6 Å². The van der Waals surface area contributed by atoms with E-state index in [4.69, 9.17) is 4.98 Å². The molecule has 1 aromatic heterocycles. The van der Waals surface area contributed by atoms with Gasteiger partial charge in [-0.25, -0.2) is 9.78 Å². The van der Waals surface area contributed by atoms with Crippen LogP contribution in [0.25, 0.3) is 11.3 Å². The Hall–Kier alpha value is -3.99. The maximum absolute atomic E-state index is 13.9. The summed E-state index contributed by atoms with van der Waals surface area (Å²) < 4.78 is 1.77. The number of unbranched alkanes of at least 4 members (excludes halogenated alkanes) is 11. The van der Waals surface area contributed by atoms with Crippen molar-refractivity contribution in [2.24, 2.45) is 0 Å². The second kappa shape index (κ2) is 17.6. The maximum Gasteiger partial charge on any atom is 0.359 e. The Balaban J connectivity index is 1.17. The molecule has 1 atom stereocenters. The van der Waals surface area contributed by atoms with Crippen molar-refractivity contribution in [1.29, 1.82) is 0 Å². The van der Waals surface area contributed by atoms with Crippen molar-refractivity contribution in [3.63, 3.8) is 0 Å². The van der Waals surface area contributed by atoms with Crippen LogP contribution in [-0.2, 0) is 24.7 Å². The molecule has 0 fully saturated rings. The van der Waals surface area contributed by atoms with Crippen LogP contribution < -0.4 is 9.88 Å². The molecule has 0 aliphatic carbocycles. The number of carbonyl (C=O) groups excluding carboxylic acids is 1. The van der Waals surface area contributed by atoms with E-state index in [1.807, 2.05) is 18.3 Å². The number of aromatic hydroxyl groups is 1. The lowest BCUT2D eigenvalue weighted by atomic mass is 9.86. The van der Waals surface area contributed by atoms with Gasteiger partial charge in [0.2, 0.25) is 0 Å². The van der Waals surface area contributed by atoms with E-state index < -0.39 is 0 Å². The Morgan fingerprint density at radius 3 is 1.86 bits per heavy atom. The van der Waals surface area contributed by atoms with Gasteiger partial charge in [-0.2, -0.15) is 4.57 Å². The van der Waals surface area contributed by atoms with E-state index in [1.165, 1.54) is 88.2 Å². The summed E-state index contributed by atoms with van der Waals surface area (Å²) >= 11 is 0. The molecule has 0 bridgehead atoms. The lowest BCUT2D eigenvalue weighted by Gasteiger charge is -2.19. The minimum absolute atomic E-state index is 0.0393. The fourth-order valence-electron chi connectivity index (χ4n) is 6.87. The number of nitrogens with one attached hydrogen (secondary N) is 1. The Morgan fingerprint density at radius 2 is 1.27 bits per heavy atom. The molecule has 1 aliphatic rings.